The molecular weight excluding hydrogens is 254 g/mol. The second-order valence-corrected chi connectivity index (χ2v) is 5.67. The molecule has 0 amide bonds. The Hall–Kier alpha value is -0.230. The third-order valence-corrected chi connectivity index (χ3v) is 4.16. The monoisotopic (exact) mass is 265 g/mol. The third-order valence-electron chi connectivity index (χ3n) is 1.75. The number of rotatable bonds is 4. The summed E-state index contributed by atoms with van der Waals surface area (Å²) in [7, 11) is -3.45. The Labute approximate surface area is 100 Å². The van der Waals surface area contributed by atoms with Crippen molar-refractivity contribution in [3.63, 3.8) is 0 Å². The van der Waals surface area contributed by atoms with Gasteiger partial charge >= 0.3 is 0 Å². The van der Waals surface area contributed by atoms with Crippen LogP contribution in [0.2, 0.25) is 5.02 Å². The van der Waals surface area contributed by atoms with Crippen LogP contribution in [0.1, 0.15) is 6.92 Å². The van der Waals surface area contributed by atoms with Crippen LogP contribution >= 0.6 is 24.2 Å². The number of thiol groups is 1. The summed E-state index contributed by atoms with van der Waals surface area (Å²) in [6.45, 7) is 1.75. The molecular formula is C9H12ClNO2S2. The molecule has 3 nitrogen and oxygen atoms in total. The first-order valence-electron chi connectivity index (χ1n) is 4.34. The molecule has 0 heterocycles. The molecule has 84 valence electrons. The van der Waals surface area contributed by atoms with E-state index in [2.05, 4.69) is 17.4 Å². The maximum absolute atomic E-state index is 11.7. The molecule has 0 spiro atoms. The summed E-state index contributed by atoms with van der Waals surface area (Å²) < 4.78 is 25.9. The molecule has 0 saturated carbocycles. The molecule has 15 heavy (non-hydrogen) atoms. The van der Waals surface area contributed by atoms with Crippen LogP contribution < -0.4 is 4.72 Å². The molecule has 1 rings (SSSR count). The first-order chi connectivity index (χ1) is 6.95. The fourth-order valence-corrected chi connectivity index (χ4v) is 2.57. The molecule has 1 N–H and O–H groups in total. The molecule has 0 radical (unpaired) electrons. The van der Waals surface area contributed by atoms with E-state index in [-0.39, 0.29) is 10.9 Å². The zero-order chi connectivity index (χ0) is 11.5. The second-order valence-electron chi connectivity index (χ2n) is 3.16. The summed E-state index contributed by atoms with van der Waals surface area (Å²) in [4.78, 5) is 0.209. The second kappa shape index (κ2) is 5.21. The van der Waals surface area contributed by atoms with E-state index in [1.54, 1.807) is 19.1 Å². The van der Waals surface area contributed by atoms with E-state index in [1.165, 1.54) is 12.1 Å². The molecule has 6 heteroatoms. The first kappa shape index (κ1) is 12.8. The fourth-order valence-electron chi connectivity index (χ4n) is 0.984. The van der Waals surface area contributed by atoms with Crippen molar-refractivity contribution in [3.05, 3.63) is 29.3 Å². The quantitative estimate of drug-likeness (QED) is 0.818. The molecule has 0 saturated heterocycles. The van der Waals surface area contributed by atoms with Crippen molar-refractivity contribution in [2.45, 2.75) is 17.9 Å². The SMILES string of the molecule is CC(CS)NS(=O)(=O)c1ccc(Cl)cc1. The van der Waals surface area contributed by atoms with Crippen molar-refractivity contribution in [3.8, 4) is 0 Å². The van der Waals surface area contributed by atoms with Gasteiger partial charge in [0.25, 0.3) is 0 Å². The third kappa shape index (κ3) is 3.68. The smallest absolute Gasteiger partial charge is 0.208 e. The van der Waals surface area contributed by atoms with E-state index in [0.29, 0.717) is 10.8 Å². The first-order valence-corrected chi connectivity index (χ1v) is 6.84. The van der Waals surface area contributed by atoms with Gasteiger partial charge in [0, 0.05) is 16.8 Å². The lowest BCUT2D eigenvalue weighted by Gasteiger charge is -2.11. The lowest BCUT2D eigenvalue weighted by molar-refractivity contribution is 0.571. The van der Waals surface area contributed by atoms with Crippen molar-refractivity contribution < 1.29 is 8.42 Å². The average molecular weight is 266 g/mol. The Kier molecular flexibility index (Phi) is 4.45. The number of hydrogen-bond donors (Lipinski definition) is 2. The highest BCUT2D eigenvalue weighted by atomic mass is 35.5. The molecule has 1 aromatic rings. The minimum Gasteiger partial charge on any atom is -0.208 e. The Bertz CT molecular complexity index is 416. The highest BCUT2D eigenvalue weighted by molar-refractivity contribution is 7.89. The largest absolute Gasteiger partial charge is 0.240 e. The number of nitrogens with one attached hydrogen (secondary N) is 1. The Morgan fingerprint density at radius 3 is 2.40 bits per heavy atom. The number of hydrogen-bond acceptors (Lipinski definition) is 3. The zero-order valence-corrected chi connectivity index (χ0v) is 10.6. The molecule has 1 atom stereocenters. The van der Waals surface area contributed by atoms with Gasteiger partial charge in [-0.25, -0.2) is 13.1 Å². The van der Waals surface area contributed by atoms with Gasteiger partial charge in [-0.05, 0) is 31.2 Å². The van der Waals surface area contributed by atoms with Gasteiger partial charge in [-0.2, -0.15) is 12.6 Å². The number of benzene rings is 1. The minimum atomic E-state index is -3.45. The minimum absolute atomic E-state index is 0.200. The summed E-state index contributed by atoms with van der Waals surface area (Å²) in [6, 6.07) is 5.82. The number of sulfonamides is 1. The Morgan fingerprint density at radius 1 is 1.40 bits per heavy atom. The molecule has 1 unspecified atom stereocenters. The van der Waals surface area contributed by atoms with Crippen molar-refractivity contribution >= 4 is 34.3 Å². The van der Waals surface area contributed by atoms with Gasteiger partial charge in [-0.1, -0.05) is 11.6 Å². The van der Waals surface area contributed by atoms with Crippen LogP contribution in [0, 0.1) is 0 Å². The van der Waals surface area contributed by atoms with Gasteiger partial charge in [0.1, 0.15) is 0 Å². The molecule has 0 aliphatic rings. The molecule has 0 aromatic heterocycles. The van der Waals surface area contributed by atoms with Crippen LogP contribution in [-0.2, 0) is 10.0 Å². The van der Waals surface area contributed by atoms with E-state index >= 15 is 0 Å². The van der Waals surface area contributed by atoms with Gasteiger partial charge in [-0.3, -0.25) is 0 Å². The fraction of sp³-hybridized carbons (Fsp3) is 0.333. The van der Waals surface area contributed by atoms with Crippen molar-refractivity contribution in [2.24, 2.45) is 0 Å². The lowest BCUT2D eigenvalue weighted by atomic mass is 10.4. The normalized spacial score (nSPS) is 13.8. The van der Waals surface area contributed by atoms with E-state index in [1.807, 2.05) is 0 Å². The van der Waals surface area contributed by atoms with Crippen LogP contribution in [0.3, 0.4) is 0 Å². The van der Waals surface area contributed by atoms with E-state index in [4.69, 9.17) is 11.6 Å². The van der Waals surface area contributed by atoms with E-state index in [0.717, 1.165) is 0 Å². The van der Waals surface area contributed by atoms with Crippen LogP contribution in [-0.4, -0.2) is 20.2 Å². The van der Waals surface area contributed by atoms with Crippen LogP contribution in [0.15, 0.2) is 29.2 Å². The van der Waals surface area contributed by atoms with Crippen molar-refractivity contribution in [1.29, 1.82) is 0 Å². The standard InChI is InChI=1S/C9H12ClNO2S2/c1-7(6-14)11-15(12,13)9-4-2-8(10)3-5-9/h2-5,7,11,14H,6H2,1H3. The summed E-state index contributed by atoms with van der Waals surface area (Å²) in [5.74, 6) is 0.451. The highest BCUT2D eigenvalue weighted by Crippen LogP contribution is 2.14. The summed E-state index contributed by atoms with van der Waals surface area (Å²) >= 11 is 9.68. The van der Waals surface area contributed by atoms with Gasteiger partial charge < -0.3 is 0 Å². The van der Waals surface area contributed by atoms with E-state index in [9.17, 15) is 8.42 Å². The highest BCUT2D eigenvalue weighted by Gasteiger charge is 2.15. The van der Waals surface area contributed by atoms with Gasteiger partial charge in [0.05, 0.1) is 4.90 Å². The van der Waals surface area contributed by atoms with Gasteiger partial charge in [0.15, 0.2) is 0 Å². The van der Waals surface area contributed by atoms with Gasteiger partial charge in [0.2, 0.25) is 10.0 Å². The topological polar surface area (TPSA) is 46.2 Å². The zero-order valence-electron chi connectivity index (χ0n) is 8.14. The maximum Gasteiger partial charge on any atom is 0.240 e. The Morgan fingerprint density at radius 2 is 1.93 bits per heavy atom. The predicted molar refractivity (Wildman–Crippen MR) is 65.1 cm³/mol. The Balaban J connectivity index is 2.91. The van der Waals surface area contributed by atoms with E-state index < -0.39 is 10.0 Å². The molecule has 1 aromatic carbocycles. The average Bonchev–Trinajstić information content (AvgIpc) is 2.17. The van der Waals surface area contributed by atoms with Crippen molar-refractivity contribution in [1.82, 2.24) is 4.72 Å². The van der Waals surface area contributed by atoms with Crippen LogP contribution in [0.5, 0.6) is 0 Å². The van der Waals surface area contributed by atoms with Crippen LogP contribution in [0.4, 0.5) is 0 Å². The molecule has 0 aliphatic carbocycles. The number of halogens is 1. The van der Waals surface area contributed by atoms with Crippen LogP contribution in [0.25, 0.3) is 0 Å². The summed E-state index contributed by atoms with van der Waals surface area (Å²) in [5.41, 5.74) is 0. The maximum atomic E-state index is 11.7. The van der Waals surface area contributed by atoms with Crippen molar-refractivity contribution in [2.75, 3.05) is 5.75 Å². The molecule has 0 bridgehead atoms. The molecule has 0 fully saturated rings. The summed E-state index contributed by atoms with van der Waals surface area (Å²) in [6.07, 6.45) is 0. The molecule has 0 aliphatic heterocycles. The lowest BCUT2D eigenvalue weighted by Crippen LogP contribution is -2.33. The predicted octanol–water partition coefficient (Wildman–Crippen LogP) is 1.94. The van der Waals surface area contributed by atoms with Gasteiger partial charge in [-0.15, -0.1) is 0 Å². The summed E-state index contributed by atoms with van der Waals surface area (Å²) in [5, 5.41) is 0.510.